The Morgan fingerprint density at radius 1 is 1.05 bits per heavy atom. The number of hydrogen-bond donors (Lipinski definition) is 1. The van der Waals surface area contributed by atoms with Crippen LogP contribution in [0.4, 0.5) is 4.79 Å². The lowest BCUT2D eigenvalue weighted by Gasteiger charge is -2.22. The maximum absolute atomic E-state index is 9.82. The Kier molecular flexibility index (Phi) is 18.5. The molecule has 0 aromatic carbocycles. The van der Waals surface area contributed by atoms with Crippen LogP contribution in [-0.4, -0.2) is 26.4 Å². The van der Waals surface area contributed by atoms with E-state index in [1.807, 2.05) is 0 Å². The summed E-state index contributed by atoms with van der Waals surface area (Å²) in [7, 11) is 1.52. The van der Waals surface area contributed by atoms with E-state index in [1.165, 1.54) is 52.1 Å². The number of rotatable bonds is 5. The van der Waals surface area contributed by atoms with Crippen LogP contribution in [0.15, 0.2) is 0 Å². The second-order valence-corrected chi connectivity index (χ2v) is 5.88. The van der Waals surface area contributed by atoms with Crippen LogP contribution < -0.4 is 5.73 Å². The first-order valence-electron chi connectivity index (χ1n) is 8.38. The highest BCUT2D eigenvalue weighted by Gasteiger charge is 2.13. The topological polar surface area (TPSA) is 61.6 Å². The molecule has 1 saturated carbocycles. The molecular weight excluding hydrogens is 266 g/mol. The molecule has 0 spiro atoms. The standard InChI is InChI=1S/C8H16.C5H12.C4H9NO3.H2/c1-7-3-5-8(2)6-4-7;1-3-5-4-2;1-7-2-3-8-4(5)6;/h7-8H,3-6H2,1-2H3;3-5H2,1-2H3;2-3H2,1H3,(H2,5,6);1H. The van der Waals surface area contributed by atoms with Gasteiger partial charge in [0.05, 0.1) is 6.61 Å². The molecule has 21 heavy (non-hydrogen) atoms. The van der Waals surface area contributed by atoms with Crippen molar-refractivity contribution in [3.05, 3.63) is 0 Å². The van der Waals surface area contributed by atoms with Gasteiger partial charge in [-0.15, -0.1) is 0 Å². The van der Waals surface area contributed by atoms with Gasteiger partial charge in [0.1, 0.15) is 6.61 Å². The number of ether oxygens (including phenoxy) is 2. The second-order valence-electron chi connectivity index (χ2n) is 5.88. The summed E-state index contributed by atoms with van der Waals surface area (Å²) in [6.45, 7) is 9.78. The summed E-state index contributed by atoms with van der Waals surface area (Å²) in [6.07, 6.45) is 9.21. The van der Waals surface area contributed by atoms with Crippen molar-refractivity contribution in [1.82, 2.24) is 0 Å². The highest BCUT2D eigenvalue weighted by molar-refractivity contribution is 5.64. The van der Waals surface area contributed by atoms with Gasteiger partial charge in [-0.3, -0.25) is 0 Å². The molecule has 0 aromatic heterocycles. The van der Waals surface area contributed by atoms with Gasteiger partial charge in [0, 0.05) is 8.54 Å². The Bertz CT molecular complexity index is 208. The normalized spacial score (nSPS) is 20.4. The van der Waals surface area contributed by atoms with E-state index in [-0.39, 0.29) is 8.03 Å². The molecule has 0 radical (unpaired) electrons. The molecular formula is C17H39NO3. The van der Waals surface area contributed by atoms with Crippen LogP contribution >= 0.6 is 0 Å². The molecule has 0 atom stereocenters. The zero-order valence-electron chi connectivity index (χ0n) is 14.8. The molecule has 0 unspecified atom stereocenters. The van der Waals surface area contributed by atoms with Crippen molar-refractivity contribution in [3.63, 3.8) is 0 Å². The highest BCUT2D eigenvalue weighted by atomic mass is 16.6. The number of unbranched alkanes of at least 4 members (excludes halogenated alkanes) is 2. The largest absolute Gasteiger partial charge is 0.447 e. The molecule has 0 bridgehead atoms. The fourth-order valence-electron chi connectivity index (χ4n) is 2.01. The fourth-order valence-corrected chi connectivity index (χ4v) is 2.01. The Morgan fingerprint density at radius 3 is 1.71 bits per heavy atom. The number of carbonyl (C=O) groups is 1. The van der Waals surface area contributed by atoms with Crippen LogP contribution in [0.5, 0.6) is 0 Å². The summed E-state index contributed by atoms with van der Waals surface area (Å²) < 4.78 is 8.86. The van der Waals surface area contributed by atoms with Crippen molar-refractivity contribution in [3.8, 4) is 0 Å². The lowest BCUT2D eigenvalue weighted by Crippen LogP contribution is -2.15. The SMILES string of the molecule is CC1CCC(C)CC1.CCCCC.COCCOC(N)=O.[HH]. The molecule has 0 aliphatic heterocycles. The van der Waals surface area contributed by atoms with E-state index in [0.717, 1.165) is 11.8 Å². The Balaban J connectivity index is -0.000000248. The molecule has 1 aliphatic carbocycles. The summed E-state index contributed by atoms with van der Waals surface area (Å²) in [5.74, 6) is 2.04. The minimum Gasteiger partial charge on any atom is -0.447 e. The number of nitrogens with two attached hydrogens (primary N) is 1. The lowest BCUT2D eigenvalue weighted by molar-refractivity contribution is 0.105. The first-order valence-corrected chi connectivity index (χ1v) is 8.38. The summed E-state index contributed by atoms with van der Waals surface area (Å²) >= 11 is 0. The van der Waals surface area contributed by atoms with Crippen LogP contribution in [0.25, 0.3) is 0 Å². The van der Waals surface area contributed by atoms with Crippen LogP contribution in [-0.2, 0) is 9.47 Å². The predicted octanol–water partition coefficient (Wildman–Crippen LogP) is 5.00. The van der Waals surface area contributed by atoms with E-state index in [0.29, 0.717) is 6.61 Å². The number of methoxy groups -OCH3 is 1. The average molecular weight is 306 g/mol. The third kappa shape index (κ3) is 21.7. The first kappa shape index (κ1) is 22.5. The number of amides is 1. The summed E-state index contributed by atoms with van der Waals surface area (Å²) in [5.41, 5.74) is 4.62. The van der Waals surface area contributed by atoms with E-state index in [2.05, 4.69) is 42.9 Å². The lowest BCUT2D eigenvalue weighted by atomic mass is 9.84. The zero-order valence-corrected chi connectivity index (χ0v) is 14.8. The van der Waals surface area contributed by atoms with Gasteiger partial charge in [0.2, 0.25) is 0 Å². The zero-order chi connectivity index (χ0) is 16.5. The number of hydrogen-bond acceptors (Lipinski definition) is 3. The van der Waals surface area contributed by atoms with E-state index in [9.17, 15) is 4.79 Å². The summed E-state index contributed by atoms with van der Waals surface area (Å²) in [5, 5.41) is 0. The van der Waals surface area contributed by atoms with Crippen molar-refractivity contribution < 1.29 is 15.7 Å². The number of carbonyl (C=O) groups excluding carboxylic acids is 1. The van der Waals surface area contributed by atoms with E-state index in [4.69, 9.17) is 0 Å². The van der Waals surface area contributed by atoms with Crippen molar-refractivity contribution in [2.24, 2.45) is 17.6 Å². The highest BCUT2D eigenvalue weighted by Crippen LogP contribution is 2.27. The Hall–Kier alpha value is -0.770. The van der Waals surface area contributed by atoms with Crippen molar-refractivity contribution in [2.45, 2.75) is 72.6 Å². The van der Waals surface area contributed by atoms with E-state index >= 15 is 0 Å². The monoisotopic (exact) mass is 305 g/mol. The first-order chi connectivity index (χ1) is 9.97. The molecule has 4 nitrogen and oxygen atoms in total. The van der Waals surface area contributed by atoms with E-state index < -0.39 is 6.09 Å². The second kappa shape index (κ2) is 17.3. The quantitative estimate of drug-likeness (QED) is 0.727. The minimum atomic E-state index is -0.762. The van der Waals surface area contributed by atoms with Crippen molar-refractivity contribution >= 4 is 6.09 Å². The van der Waals surface area contributed by atoms with Gasteiger partial charge in [0.15, 0.2) is 0 Å². The summed E-state index contributed by atoms with van der Waals surface area (Å²) in [4.78, 5) is 9.82. The number of primary amides is 1. The molecule has 130 valence electrons. The van der Waals surface area contributed by atoms with E-state index in [1.54, 1.807) is 0 Å². The molecule has 1 fully saturated rings. The Morgan fingerprint density at radius 2 is 1.48 bits per heavy atom. The maximum Gasteiger partial charge on any atom is 0.404 e. The van der Waals surface area contributed by atoms with Gasteiger partial charge in [-0.25, -0.2) is 4.79 Å². The predicted molar refractivity (Wildman–Crippen MR) is 91.5 cm³/mol. The third-order valence-corrected chi connectivity index (χ3v) is 3.54. The van der Waals surface area contributed by atoms with Crippen LogP contribution in [0.3, 0.4) is 0 Å². The Labute approximate surface area is 133 Å². The van der Waals surface area contributed by atoms with Crippen LogP contribution in [0.2, 0.25) is 0 Å². The molecule has 1 rings (SSSR count). The van der Waals surface area contributed by atoms with Crippen molar-refractivity contribution in [2.75, 3.05) is 20.3 Å². The molecule has 0 heterocycles. The van der Waals surface area contributed by atoms with Crippen molar-refractivity contribution in [1.29, 1.82) is 0 Å². The van der Waals surface area contributed by atoms with Gasteiger partial charge < -0.3 is 15.2 Å². The van der Waals surface area contributed by atoms with Gasteiger partial charge in [-0.05, 0) is 11.8 Å². The van der Waals surface area contributed by atoms with Gasteiger partial charge in [-0.2, -0.15) is 0 Å². The molecule has 1 amide bonds. The minimum absolute atomic E-state index is 0. The smallest absolute Gasteiger partial charge is 0.404 e. The van der Waals surface area contributed by atoms with Crippen LogP contribution in [0, 0.1) is 11.8 Å². The average Bonchev–Trinajstić information content (AvgIpc) is 2.44. The summed E-state index contributed by atoms with van der Waals surface area (Å²) in [6, 6.07) is 0. The molecule has 2 N–H and O–H groups in total. The maximum atomic E-state index is 9.82. The van der Waals surface area contributed by atoms with Gasteiger partial charge in [-0.1, -0.05) is 72.6 Å². The van der Waals surface area contributed by atoms with Gasteiger partial charge in [0.25, 0.3) is 0 Å². The third-order valence-electron chi connectivity index (χ3n) is 3.54. The van der Waals surface area contributed by atoms with Gasteiger partial charge >= 0.3 is 6.09 Å². The molecule has 0 aromatic rings. The molecule has 0 saturated heterocycles. The molecule has 4 heteroatoms. The van der Waals surface area contributed by atoms with Crippen LogP contribution in [0.1, 0.15) is 74.1 Å². The molecule has 1 aliphatic rings. The fraction of sp³-hybridized carbons (Fsp3) is 0.941.